The highest BCUT2D eigenvalue weighted by Crippen LogP contribution is 2.36. The smallest absolute Gasteiger partial charge is 0.335 e. The summed E-state index contributed by atoms with van der Waals surface area (Å²) >= 11 is 0. The Morgan fingerprint density at radius 1 is 0.289 bits per heavy atom. The lowest BCUT2D eigenvalue weighted by Gasteiger charge is -2.13. The number of rotatable bonds is 6. The van der Waals surface area contributed by atoms with Crippen LogP contribution in [0.15, 0.2) is 127 Å². The van der Waals surface area contributed by atoms with Crippen molar-refractivity contribution in [3.63, 3.8) is 0 Å². The third kappa shape index (κ3) is 5.26. The Balaban J connectivity index is 1.39. The second-order valence-electron chi connectivity index (χ2n) is 11.0. The number of carbonyl (C=O) groups is 3. The minimum Gasteiger partial charge on any atom is -0.478 e. The van der Waals surface area contributed by atoms with Crippen LogP contribution >= 0.6 is 0 Å². The second-order valence-corrected chi connectivity index (χ2v) is 11.0. The molecule has 0 bridgehead atoms. The predicted molar refractivity (Wildman–Crippen MR) is 176 cm³/mol. The molecular formula is C39H24O6. The minimum atomic E-state index is -0.970. The fraction of sp³-hybridized carbons (Fsp3) is 0. The normalized spacial score (nSPS) is 11.2. The Morgan fingerprint density at radius 3 is 0.800 bits per heavy atom. The molecule has 0 aliphatic rings. The van der Waals surface area contributed by atoms with Gasteiger partial charge < -0.3 is 15.3 Å². The molecule has 0 spiro atoms. The molecule has 7 rings (SSSR count). The third-order valence-corrected chi connectivity index (χ3v) is 8.19. The summed E-state index contributed by atoms with van der Waals surface area (Å²) in [6.07, 6.45) is 0. The van der Waals surface area contributed by atoms with Gasteiger partial charge in [-0.15, -0.1) is 0 Å². The van der Waals surface area contributed by atoms with E-state index in [2.05, 4.69) is 18.2 Å². The van der Waals surface area contributed by atoms with E-state index >= 15 is 0 Å². The summed E-state index contributed by atoms with van der Waals surface area (Å²) < 4.78 is 0. The van der Waals surface area contributed by atoms with Gasteiger partial charge in [0.15, 0.2) is 0 Å². The first kappa shape index (κ1) is 27.6. The highest BCUT2D eigenvalue weighted by molar-refractivity contribution is 5.99. The van der Waals surface area contributed by atoms with Crippen molar-refractivity contribution in [3.8, 4) is 33.4 Å². The molecule has 0 aliphatic heterocycles. The Labute approximate surface area is 257 Å². The van der Waals surface area contributed by atoms with Crippen molar-refractivity contribution < 1.29 is 29.7 Å². The van der Waals surface area contributed by atoms with Crippen LogP contribution < -0.4 is 0 Å². The predicted octanol–water partition coefficient (Wildman–Crippen LogP) is 9.24. The van der Waals surface area contributed by atoms with Gasteiger partial charge in [0, 0.05) is 0 Å². The van der Waals surface area contributed by atoms with Gasteiger partial charge in [0.05, 0.1) is 16.7 Å². The molecule has 0 radical (unpaired) electrons. The highest BCUT2D eigenvalue weighted by Gasteiger charge is 2.12. The van der Waals surface area contributed by atoms with Crippen LogP contribution in [0.25, 0.3) is 65.7 Å². The quantitative estimate of drug-likeness (QED) is 0.179. The lowest BCUT2D eigenvalue weighted by atomic mass is 9.91. The number of hydrogen-bond acceptors (Lipinski definition) is 3. The summed E-state index contributed by atoms with van der Waals surface area (Å²) in [6.45, 7) is 0. The van der Waals surface area contributed by atoms with Crippen molar-refractivity contribution in [1.29, 1.82) is 0 Å². The van der Waals surface area contributed by atoms with Crippen LogP contribution in [-0.2, 0) is 0 Å². The van der Waals surface area contributed by atoms with Crippen molar-refractivity contribution in [3.05, 3.63) is 144 Å². The van der Waals surface area contributed by atoms with Gasteiger partial charge in [-0.25, -0.2) is 14.4 Å². The van der Waals surface area contributed by atoms with E-state index < -0.39 is 17.9 Å². The standard InChI is InChI=1S/C39H24O6/c40-37(41)31-10-7-22-13-28(4-1-25(22)16-31)34-19-35(29-5-2-26-17-32(38(42)43)11-8-23(26)14-29)21-36(20-34)30-6-3-27-18-33(39(44)45)12-9-24(27)15-30/h1-21H,(H,40,41)(H,42,43)(H,44,45). The van der Waals surface area contributed by atoms with Gasteiger partial charge in [0.2, 0.25) is 0 Å². The van der Waals surface area contributed by atoms with Crippen molar-refractivity contribution in [2.75, 3.05) is 0 Å². The van der Waals surface area contributed by atoms with Gasteiger partial charge >= 0.3 is 17.9 Å². The van der Waals surface area contributed by atoms with E-state index in [4.69, 9.17) is 0 Å². The number of benzene rings is 7. The van der Waals surface area contributed by atoms with E-state index in [0.717, 1.165) is 65.7 Å². The Morgan fingerprint density at radius 2 is 0.533 bits per heavy atom. The molecule has 45 heavy (non-hydrogen) atoms. The van der Waals surface area contributed by atoms with Gasteiger partial charge in [-0.3, -0.25) is 0 Å². The van der Waals surface area contributed by atoms with Crippen molar-refractivity contribution in [2.24, 2.45) is 0 Å². The third-order valence-electron chi connectivity index (χ3n) is 8.19. The van der Waals surface area contributed by atoms with Gasteiger partial charge in [0.25, 0.3) is 0 Å². The van der Waals surface area contributed by atoms with Crippen LogP contribution in [0, 0.1) is 0 Å². The molecule has 7 aromatic rings. The lowest BCUT2D eigenvalue weighted by molar-refractivity contribution is 0.0686. The van der Waals surface area contributed by atoms with Crippen molar-refractivity contribution in [1.82, 2.24) is 0 Å². The molecule has 0 aliphatic carbocycles. The van der Waals surface area contributed by atoms with Crippen molar-refractivity contribution in [2.45, 2.75) is 0 Å². The summed E-state index contributed by atoms with van der Waals surface area (Å²) in [5, 5.41) is 33.5. The highest BCUT2D eigenvalue weighted by atomic mass is 16.4. The van der Waals surface area contributed by atoms with Gasteiger partial charge in [-0.1, -0.05) is 54.6 Å². The van der Waals surface area contributed by atoms with Crippen LogP contribution in [0.1, 0.15) is 31.1 Å². The number of hydrogen-bond donors (Lipinski definition) is 3. The van der Waals surface area contributed by atoms with E-state index in [0.29, 0.717) is 0 Å². The van der Waals surface area contributed by atoms with Crippen LogP contribution in [0.2, 0.25) is 0 Å². The molecule has 7 aromatic carbocycles. The Bertz CT molecular complexity index is 2090. The van der Waals surface area contributed by atoms with Crippen LogP contribution in [0.5, 0.6) is 0 Å². The molecule has 0 atom stereocenters. The molecule has 0 unspecified atom stereocenters. The summed E-state index contributed by atoms with van der Waals surface area (Å²) in [5.41, 5.74) is 6.50. The average Bonchev–Trinajstić information content (AvgIpc) is 3.06. The fourth-order valence-corrected chi connectivity index (χ4v) is 5.80. The van der Waals surface area contributed by atoms with Gasteiger partial charge in [0.1, 0.15) is 0 Å². The maximum atomic E-state index is 11.5. The largest absolute Gasteiger partial charge is 0.478 e. The molecular weight excluding hydrogens is 564 g/mol. The number of carboxylic acids is 3. The molecule has 6 nitrogen and oxygen atoms in total. The monoisotopic (exact) mass is 588 g/mol. The lowest BCUT2D eigenvalue weighted by Crippen LogP contribution is -1.95. The number of fused-ring (bicyclic) bond motifs is 3. The molecule has 0 heterocycles. The molecule has 0 saturated heterocycles. The number of aromatic carboxylic acids is 3. The van der Waals surface area contributed by atoms with Crippen molar-refractivity contribution >= 4 is 50.2 Å². The maximum absolute atomic E-state index is 11.5. The van der Waals surface area contributed by atoms with Crippen LogP contribution in [-0.4, -0.2) is 33.2 Å². The first-order chi connectivity index (χ1) is 21.7. The average molecular weight is 589 g/mol. The molecule has 0 aromatic heterocycles. The van der Waals surface area contributed by atoms with Crippen LogP contribution in [0.3, 0.4) is 0 Å². The summed E-state index contributed by atoms with van der Waals surface area (Å²) in [6, 6.07) is 39.5. The topological polar surface area (TPSA) is 112 Å². The summed E-state index contributed by atoms with van der Waals surface area (Å²) in [7, 11) is 0. The molecule has 6 heteroatoms. The Kier molecular flexibility index (Phi) is 6.60. The molecule has 216 valence electrons. The number of carboxylic acid groups (broad SMARTS) is 3. The zero-order chi connectivity index (χ0) is 31.2. The van der Waals surface area contributed by atoms with E-state index in [1.165, 1.54) is 0 Å². The molecule has 0 fully saturated rings. The molecule has 0 saturated carbocycles. The first-order valence-electron chi connectivity index (χ1n) is 14.2. The zero-order valence-electron chi connectivity index (χ0n) is 23.7. The Hall–Kier alpha value is -6.27. The maximum Gasteiger partial charge on any atom is 0.335 e. The molecule has 0 amide bonds. The SMILES string of the molecule is O=C(O)c1ccc2cc(-c3cc(-c4ccc5cc(C(=O)O)ccc5c4)cc(-c4ccc5cc(C(=O)O)ccc5c4)c3)ccc2c1. The molecule has 3 N–H and O–H groups in total. The van der Waals surface area contributed by atoms with E-state index in [1.54, 1.807) is 36.4 Å². The van der Waals surface area contributed by atoms with E-state index in [1.807, 2.05) is 72.8 Å². The first-order valence-corrected chi connectivity index (χ1v) is 14.2. The second kappa shape index (κ2) is 10.8. The van der Waals surface area contributed by atoms with Gasteiger partial charge in [-0.2, -0.15) is 0 Å². The summed E-state index contributed by atoms with van der Waals surface area (Å²) in [5.74, 6) is -2.91. The van der Waals surface area contributed by atoms with Gasteiger partial charge in [-0.05, 0) is 138 Å². The van der Waals surface area contributed by atoms with E-state index in [-0.39, 0.29) is 16.7 Å². The van der Waals surface area contributed by atoms with Crippen LogP contribution in [0.4, 0.5) is 0 Å². The zero-order valence-corrected chi connectivity index (χ0v) is 23.7. The minimum absolute atomic E-state index is 0.234. The fourth-order valence-electron chi connectivity index (χ4n) is 5.80. The summed E-state index contributed by atoms with van der Waals surface area (Å²) in [4.78, 5) is 34.4. The van der Waals surface area contributed by atoms with E-state index in [9.17, 15) is 29.7 Å².